The molecule has 10 heavy (non-hydrogen) atoms. The second kappa shape index (κ2) is 2.54. The number of aliphatic imine (C=N–C) groups is 1. The minimum atomic E-state index is 0.254. The van der Waals surface area contributed by atoms with Crippen LogP contribution in [-0.2, 0) is 4.74 Å². The molecule has 0 aliphatic heterocycles. The molecule has 2 nitrogen and oxygen atoms in total. The van der Waals surface area contributed by atoms with E-state index in [1.807, 2.05) is 0 Å². The molecule has 0 saturated heterocycles. The number of rotatable bonds is 3. The normalized spacial score (nSPS) is 21.3. The van der Waals surface area contributed by atoms with Crippen LogP contribution in [0.2, 0.25) is 0 Å². The highest BCUT2D eigenvalue weighted by Crippen LogP contribution is 2.43. The Bertz CT molecular complexity index is 180. The van der Waals surface area contributed by atoms with E-state index in [9.17, 15) is 0 Å². The van der Waals surface area contributed by atoms with Gasteiger partial charge >= 0.3 is 0 Å². The SMILES string of the molecule is COCC=NC1=CC1(C)C. The van der Waals surface area contributed by atoms with Gasteiger partial charge in [-0.2, -0.15) is 0 Å². The minimum absolute atomic E-state index is 0.254. The van der Waals surface area contributed by atoms with E-state index in [-0.39, 0.29) is 5.41 Å². The third-order valence-corrected chi connectivity index (χ3v) is 1.55. The maximum Gasteiger partial charge on any atom is 0.0815 e. The predicted molar refractivity (Wildman–Crippen MR) is 42.2 cm³/mol. The molecule has 0 radical (unpaired) electrons. The smallest absolute Gasteiger partial charge is 0.0815 e. The molecular weight excluding hydrogens is 126 g/mol. The van der Waals surface area contributed by atoms with E-state index in [1.54, 1.807) is 13.3 Å². The van der Waals surface area contributed by atoms with Crippen molar-refractivity contribution in [3.05, 3.63) is 11.8 Å². The molecule has 56 valence electrons. The maximum absolute atomic E-state index is 4.81. The third-order valence-electron chi connectivity index (χ3n) is 1.55. The Balaban J connectivity index is 2.23. The molecule has 0 unspecified atom stereocenters. The predicted octanol–water partition coefficient (Wildman–Crippen LogP) is 1.63. The van der Waals surface area contributed by atoms with E-state index in [2.05, 4.69) is 24.9 Å². The molecule has 0 saturated carbocycles. The number of hydrogen-bond acceptors (Lipinski definition) is 2. The van der Waals surface area contributed by atoms with Gasteiger partial charge in [-0.25, -0.2) is 0 Å². The van der Waals surface area contributed by atoms with E-state index < -0.39 is 0 Å². The van der Waals surface area contributed by atoms with E-state index in [0.29, 0.717) is 6.61 Å². The van der Waals surface area contributed by atoms with Crippen LogP contribution in [0.15, 0.2) is 16.8 Å². The zero-order valence-corrected chi connectivity index (χ0v) is 6.72. The van der Waals surface area contributed by atoms with Crippen LogP contribution < -0.4 is 0 Å². The molecule has 0 bridgehead atoms. The summed E-state index contributed by atoms with van der Waals surface area (Å²) in [5.74, 6) is 0. The van der Waals surface area contributed by atoms with E-state index in [0.717, 1.165) is 0 Å². The monoisotopic (exact) mass is 139 g/mol. The molecule has 0 aromatic carbocycles. The topological polar surface area (TPSA) is 21.6 Å². The van der Waals surface area contributed by atoms with Crippen LogP contribution in [-0.4, -0.2) is 19.9 Å². The van der Waals surface area contributed by atoms with Crippen molar-refractivity contribution in [1.82, 2.24) is 0 Å². The minimum Gasteiger partial charge on any atom is -0.379 e. The molecule has 0 spiro atoms. The van der Waals surface area contributed by atoms with Crippen molar-refractivity contribution in [3.63, 3.8) is 0 Å². The Hall–Kier alpha value is -0.630. The first-order chi connectivity index (χ1) is 4.67. The molecule has 1 rings (SSSR count). The van der Waals surface area contributed by atoms with Crippen molar-refractivity contribution < 1.29 is 4.74 Å². The lowest BCUT2D eigenvalue weighted by atomic mass is 10.1. The van der Waals surface area contributed by atoms with Gasteiger partial charge in [-0.05, 0) is 0 Å². The second-order valence-electron chi connectivity index (χ2n) is 3.02. The quantitative estimate of drug-likeness (QED) is 0.544. The van der Waals surface area contributed by atoms with Gasteiger partial charge in [-0.15, -0.1) is 0 Å². The number of hydrogen-bond donors (Lipinski definition) is 0. The van der Waals surface area contributed by atoms with Gasteiger partial charge in [0.1, 0.15) is 0 Å². The first kappa shape index (κ1) is 7.48. The lowest BCUT2D eigenvalue weighted by Gasteiger charge is -1.96. The summed E-state index contributed by atoms with van der Waals surface area (Å²) in [6.45, 7) is 4.90. The van der Waals surface area contributed by atoms with Crippen LogP contribution in [0.3, 0.4) is 0 Å². The Morgan fingerprint density at radius 2 is 2.30 bits per heavy atom. The number of allylic oxidation sites excluding steroid dienone is 2. The number of methoxy groups -OCH3 is 1. The zero-order chi connectivity index (χ0) is 7.61. The highest BCUT2D eigenvalue weighted by molar-refractivity contribution is 5.62. The Kier molecular flexibility index (Phi) is 1.90. The van der Waals surface area contributed by atoms with Gasteiger partial charge in [-0.3, -0.25) is 4.99 Å². The molecule has 0 aromatic rings. The summed E-state index contributed by atoms with van der Waals surface area (Å²) in [6, 6.07) is 0. The maximum atomic E-state index is 4.81. The zero-order valence-electron chi connectivity index (χ0n) is 6.72. The summed E-state index contributed by atoms with van der Waals surface area (Å²) in [5.41, 5.74) is 1.43. The lowest BCUT2D eigenvalue weighted by molar-refractivity contribution is 0.248. The van der Waals surface area contributed by atoms with Gasteiger partial charge in [-0.1, -0.05) is 19.9 Å². The van der Waals surface area contributed by atoms with Gasteiger partial charge in [0.15, 0.2) is 0 Å². The van der Waals surface area contributed by atoms with E-state index in [1.165, 1.54) is 5.70 Å². The van der Waals surface area contributed by atoms with Gasteiger partial charge in [0.25, 0.3) is 0 Å². The molecule has 0 fully saturated rings. The van der Waals surface area contributed by atoms with Crippen molar-refractivity contribution in [3.8, 4) is 0 Å². The molecule has 0 heterocycles. The van der Waals surface area contributed by atoms with Crippen molar-refractivity contribution in [2.45, 2.75) is 13.8 Å². The fraction of sp³-hybridized carbons (Fsp3) is 0.625. The number of ether oxygens (including phenoxy) is 1. The van der Waals surface area contributed by atoms with Crippen LogP contribution in [0.1, 0.15) is 13.8 Å². The van der Waals surface area contributed by atoms with Crippen LogP contribution in [0.4, 0.5) is 0 Å². The van der Waals surface area contributed by atoms with Gasteiger partial charge in [0.05, 0.1) is 6.61 Å². The highest BCUT2D eigenvalue weighted by Gasteiger charge is 2.33. The standard InChI is InChI=1S/C8H13NO/c1-8(2)6-7(8)9-4-5-10-3/h4,6H,5H2,1-3H3. The summed E-state index contributed by atoms with van der Waals surface area (Å²) >= 11 is 0. The van der Waals surface area contributed by atoms with E-state index >= 15 is 0 Å². The molecular formula is C8H13NO. The number of nitrogens with zero attached hydrogens (tertiary/aromatic N) is 1. The Morgan fingerprint density at radius 3 is 2.70 bits per heavy atom. The summed E-state index contributed by atoms with van der Waals surface area (Å²) in [7, 11) is 1.67. The Labute approximate surface area is 61.6 Å². The van der Waals surface area contributed by atoms with Gasteiger partial charge in [0.2, 0.25) is 0 Å². The lowest BCUT2D eigenvalue weighted by Crippen LogP contribution is -1.91. The first-order valence-electron chi connectivity index (χ1n) is 3.41. The summed E-state index contributed by atoms with van der Waals surface area (Å²) in [6.07, 6.45) is 3.93. The molecule has 2 heteroatoms. The van der Waals surface area contributed by atoms with Crippen molar-refractivity contribution in [1.29, 1.82) is 0 Å². The van der Waals surface area contributed by atoms with Crippen molar-refractivity contribution in [2.75, 3.05) is 13.7 Å². The molecule has 1 aliphatic carbocycles. The van der Waals surface area contributed by atoms with Crippen molar-refractivity contribution in [2.24, 2.45) is 10.4 Å². The fourth-order valence-electron chi connectivity index (χ4n) is 0.719. The average Bonchev–Trinajstić information content (AvgIpc) is 2.41. The Morgan fingerprint density at radius 1 is 1.70 bits per heavy atom. The molecule has 0 atom stereocenters. The summed E-state index contributed by atoms with van der Waals surface area (Å²) < 4.78 is 4.81. The molecule has 1 aliphatic rings. The van der Waals surface area contributed by atoms with Crippen LogP contribution in [0.5, 0.6) is 0 Å². The largest absolute Gasteiger partial charge is 0.379 e. The van der Waals surface area contributed by atoms with E-state index in [4.69, 9.17) is 4.74 Å². The van der Waals surface area contributed by atoms with Crippen LogP contribution >= 0.6 is 0 Å². The average molecular weight is 139 g/mol. The molecule has 0 N–H and O–H groups in total. The second-order valence-corrected chi connectivity index (χ2v) is 3.02. The summed E-state index contributed by atoms with van der Waals surface area (Å²) in [4.78, 5) is 4.19. The third kappa shape index (κ3) is 1.67. The highest BCUT2D eigenvalue weighted by atomic mass is 16.5. The van der Waals surface area contributed by atoms with Crippen molar-refractivity contribution >= 4 is 6.21 Å². The summed E-state index contributed by atoms with van der Waals surface area (Å²) in [5, 5.41) is 0. The van der Waals surface area contributed by atoms with Crippen LogP contribution in [0, 0.1) is 5.41 Å². The fourth-order valence-corrected chi connectivity index (χ4v) is 0.719. The first-order valence-corrected chi connectivity index (χ1v) is 3.41. The van der Waals surface area contributed by atoms with Gasteiger partial charge in [0, 0.05) is 24.4 Å². The molecule has 0 amide bonds. The van der Waals surface area contributed by atoms with Gasteiger partial charge < -0.3 is 4.74 Å². The molecule has 0 aromatic heterocycles. The van der Waals surface area contributed by atoms with Crippen LogP contribution in [0.25, 0.3) is 0 Å².